The summed E-state index contributed by atoms with van der Waals surface area (Å²) in [4.78, 5) is 12.4. The first-order valence-corrected chi connectivity index (χ1v) is 6.39. The Morgan fingerprint density at radius 1 is 1.37 bits per heavy atom. The van der Waals surface area contributed by atoms with Crippen LogP contribution in [0.4, 0.5) is 14.5 Å². The zero-order valence-electron chi connectivity index (χ0n) is 11.2. The van der Waals surface area contributed by atoms with Crippen molar-refractivity contribution in [3.05, 3.63) is 29.8 Å². The minimum Gasteiger partial charge on any atom is -0.481 e. The van der Waals surface area contributed by atoms with Crippen molar-refractivity contribution in [2.75, 3.05) is 18.0 Å². The molecule has 1 unspecified atom stereocenters. The molecule has 19 heavy (non-hydrogen) atoms. The maximum atomic E-state index is 13.8. The molecule has 0 aliphatic heterocycles. The molecule has 1 atom stereocenters. The minimum atomic E-state index is -0.974. The zero-order valence-corrected chi connectivity index (χ0v) is 11.2. The highest BCUT2D eigenvalue weighted by molar-refractivity contribution is 5.70. The molecule has 3 nitrogen and oxygen atoms in total. The fourth-order valence-electron chi connectivity index (χ4n) is 1.84. The molecule has 0 saturated heterocycles. The van der Waals surface area contributed by atoms with Crippen molar-refractivity contribution in [3.8, 4) is 0 Å². The number of rotatable bonds is 7. The number of para-hydroxylation sites is 1. The van der Waals surface area contributed by atoms with Gasteiger partial charge < -0.3 is 10.0 Å². The molecule has 1 rings (SSSR count). The smallest absolute Gasteiger partial charge is 0.308 e. The molecule has 5 heteroatoms. The lowest BCUT2D eigenvalue weighted by atomic mass is 10.1. The number of unbranched alkanes of at least 4 members (excludes halogenated alkanes) is 1. The number of carboxylic acid groups (broad SMARTS) is 1. The van der Waals surface area contributed by atoms with Gasteiger partial charge in [0, 0.05) is 13.1 Å². The minimum absolute atomic E-state index is 0.0905. The van der Waals surface area contributed by atoms with Crippen LogP contribution in [0.15, 0.2) is 18.2 Å². The van der Waals surface area contributed by atoms with Gasteiger partial charge in [-0.15, -0.1) is 0 Å². The van der Waals surface area contributed by atoms with E-state index in [-0.39, 0.29) is 12.2 Å². The van der Waals surface area contributed by atoms with Crippen LogP contribution in [0.25, 0.3) is 0 Å². The molecule has 0 amide bonds. The number of nitrogens with zero attached hydrogens (tertiary/aromatic N) is 1. The normalized spacial score (nSPS) is 12.2. The van der Waals surface area contributed by atoms with Crippen molar-refractivity contribution in [2.45, 2.75) is 26.7 Å². The average molecular weight is 271 g/mol. The predicted molar refractivity (Wildman–Crippen MR) is 70.3 cm³/mol. The van der Waals surface area contributed by atoms with E-state index in [2.05, 4.69) is 0 Å². The molecule has 0 aromatic heterocycles. The summed E-state index contributed by atoms with van der Waals surface area (Å²) in [5.41, 5.74) is -0.135. The predicted octanol–water partition coefficient (Wildman–Crippen LogP) is 3.29. The van der Waals surface area contributed by atoms with Gasteiger partial charge in [-0.1, -0.05) is 26.3 Å². The summed E-state index contributed by atoms with van der Waals surface area (Å²) in [5.74, 6) is -2.98. The summed E-state index contributed by atoms with van der Waals surface area (Å²) in [6, 6.07) is 3.67. The molecular formula is C14H19F2NO2. The Balaban J connectivity index is 2.98. The molecule has 0 heterocycles. The summed E-state index contributed by atoms with van der Waals surface area (Å²) < 4.78 is 27.5. The second kappa shape index (κ2) is 7.07. The Morgan fingerprint density at radius 2 is 1.95 bits per heavy atom. The number of halogens is 2. The molecule has 1 N–H and O–H groups in total. The molecule has 0 bridgehead atoms. The van der Waals surface area contributed by atoms with Crippen molar-refractivity contribution in [2.24, 2.45) is 5.92 Å². The Kier molecular flexibility index (Phi) is 5.73. The number of hydrogen-bond acceptors (Lipinski definition) is 2. The first-order valence-electron chi connectivity index (χ1n) is 6.39. The first-order chi connectivity index (χ1) is 8.97. The number of carbonyl (C=O) groups is 1. The van der Waals surface area contributed by atoms with E-state index < -0.39 is 23.5 Å². The van der Waals surface area contributed by atoms with Gasteiger partial charge in [-0.25, -0.2) is 8.78 Å². The Morgan fingerprint density at radius 3 is 2.42 bits per heavy atom. The fourth-order valence-corrected chi connectivity index (χ4v) is 1.84. The summed E-state index contributed by atoms with van der Waals surface area (Å²) in [6.07, 6.45) is 1.62. The number of anilines is 1. The van der Waals surface area contributed by atoms with E-state index in [1.54, 1.807) is 0 Å². The van der Waals surface area contributed by atoms with Gasteiger partial charge in [0.15, 0.2) is 0 Å². The molecule has 0 radical (unpaired) electrons. The number of aliphatic carboxylic acids is 1. The van der Waals surface area contributed by atoms with Crippen LogP contribution in [-0.2, 0) is 4.79 Å². The van der Waals surface area contributed by atoms with Crippen LogP contribution in [0.3, 0.4) is 0 Å². The number of carboxylic acids is 1. The molecule has 0 fully saturated rings. The van der Waals surface area contributed by atoms with E-state index in [1.807, 2.05) is 6.92 Å². The quantitative estimate of drug-likeness (QED) is 0.827. The maximum absolute atomic E-state index is 13.8. The SMILES string of the molecule is CCCCN(CC(C)C(=O)O)c1c(F)cccc1F. The van der Waals surface area contributed by atoms with Crippen molar-refractivity contribution in [3.63, 3.8) is 0 Å². The third-order valence-electron chi connectivity index (χ3n) is 2.95. The fraction of sp³-hybridized carbons (Fsp3) is 0.500. The molecular weight excluding hydrogens is 252 g/mol. The summed E-state index contributed by atoms with van der Waals surface area (Å²) in [5, 5.41) is 8.93. The van der Waals surface area contributed by atoms with E-state index >= 15 is 0 Å². The molecule has 0 aliphatic carbocycles. The van der Waals surface area contributed by atoms with Gasteiger partial charge in [-0.2, -0.15) is 0 Å². The van der Waals surface area contributed by atoms with Crippen molar-refractivity contribution in [1.29, 1.82) is 0 Å². The number of benzene rings is 1. The van der Waals surface area contributed by atoms with Crippen molar-refractivity contribution >= 4 is 11.7 Å². The Hall–Kier alpha value is -1.65. The molecule has 0 aliphatic rings. The van der Waals surface area contributed by atoms with Crippen LogP contribution in [-0.4, -0.2) is 24.2 Å². The van der Waals surface area contributed by atoms with Crippen molar-refractivity contribution < 1.29 is 18.7 Å². The molecule has 0 saturated carbocycles. The van der Waals surface area contributed by atoms with Gasteiger partial charge in [0.2, 0.25) is 0 Å². The first kappa shape index (κ1) is 15.4. The lowest BCUT2D eigenvalue weighted by molar-refractivity contribution is -0.140. The number of hydrogen-bond donors (Lipinski definition) is 1. The van der Waals surface area contributed by atoms with Gasteiger partial charge >= 0.3 is 5.97 Å². The van der Waals surface area contributed by atoms with E-state index in [4.69, 9.17) is 5.11 Å². The zero-order chi connectivity index (χ0) is 14.4. The standard InChI is InChI=1S/C14H19F2NO2/c1-3-4-8-17(9-10(2)14(18)19)13-11(15)6-5-7-12(13)16/h5-7,10H,3-4,8-9H2,1-2H3,(H,18,19). The average Bonchev–Trinajstić information content (AvgIpc) is 2.35. The van der Waals surface area contributed by atoms with E-state index in [0.717, 1.165) is 12.8 Å². The van der Waals surface area contributed by atoms with Gasteiger partial charge in [-0.3, -0.25) is 4.79 Å². The van der Waals surface area contributed by atoms with E-state index in [9.17, 15) is 13.6 Å². The van der Waals surface area contributed by atoms with Crippen LogP contribution in [0.5, 0.6) is 0 Å². The van der Waals surface area contributed by atoms with Crippen molar-refractivity contribution in [1.82, 2.24) is 0 Å². The Bertz CT molecular complexity index is 417. The highest BCUT2D eigenvalue weighted by Crippen LogP contribution is 2.24. The largest absolute Gasteiger partial charge is 0.481 e. The third-order valence-corrected chi connectivity index (χ3v) is 2.95. The van der Waals surface area contributed by atoms with Crippen LogP contribution < -0.4 is 4.90 Å². The topological polar surface area (TPSA) is 40.5 Å². The van der Waals surface area contributed by atoms with Gasteiger partial charge in [0.05, 0.1) is 5.92 Å². The van der Waals surface area contributed by atoms with E-state index in [1.165, 1.54) is 30.0 Å². The monoisotopic (exact) mass is 271 g/mol. The highest BCUT2D eigenvalue weighted by Gasteiger charge is 2.21. The van der Waals surface area contributed by atoms with Gasteiger partial charge in [-0.05, 0) is 18.6 Å². The maximum Gasteiger partial charge on any atom is 0.308 e. The van der Waals surface area contributed by atoms with Gasteiger partial charge in [0.25, 0.3) is 0 Å². The lowest BCUT2D eigenvalue weighted by Gasteiger charge is -2.27. The summed E-state index contributed by atoms with van der Waals surface area (Å²) >= 11 is 0. The molecule has 106 valence electrons. The van der Waals surface area contributed by atoms with E-state index in [0.29, 0.717) is 6.54 Å². The second-order valence-corrected chi connectivity index (χ2v) is 4.61. The van der Waals surface area contributed by atoms with Crippen LogP contribution in [0, 0.1) is 17.6 Å². The molecule has 1 aromatic carbocycles. The second-order valence-electron chi connectivity index (χ2n) is 4.61. The summed E-state index contributed by atoms with van der Waals surface area (Å²) in [6.45, 7) is 4.02. The molecule has 0 spiro atoms. The van der Waals surface area contributed by atoms with Crippen LogP contribution in [0.1, 0.15) is 26.7 Å². The molecule has 1 aromatic rings. The lowest BCUT2D eigenvalue weighted by Crippen LogP contribution is -2.34. The highest BCUT2D eigenvalue weighted by atomic mass is 19.1. The summed E-state index contributed by atoms with van der Waals surface area (Å²) in [7, 11) is 0. The Labute approximate surface area is 111 Å². The van der Waals surface area contributed by atoms with Crippen LogP contribution in [0.2, 0.25) is 0 Å². The third kappa shape index (κ3) is 4.19. The van der Waals surface area contributed by atoms with Gasteiger partial charge in [0.1, 0.15) is 17.3 Å². The van der Waals surface area contributed by atoms with Crippen LogP contribution >= 0.6 is 0 Å².